The van der Waals surface area contributed by atoms with Gasteiger partial charge in [0.1, 0.15) is 5.69 Å². The maximum Gasteiger partial charge on any atom is 0.292 e. The van der Waals surface area contributed by atoms with Gasteiger partial charge in [-0.15, -0.1) is 11.8 Å². The van der Waals surface area contributed by atoms with Gasteiger partial charge in [-0.05, 0) is 23.6 Å². The molecule has 0 N–H and O–H groups in total. The fourth-order valence-electron chi connectivity index (χ4n) is 3.70. The number of hydrogen-bond acceptors (Lipinski definition) is 5. The first-order valence-electron chi connectivity index (χ1n) is 9.61. The molecule has 8 heteroatoms. The Morgan fingerprint density at radius 2 is 1.70 bits per heavy atom. The highest BCUT2D eigenvalue weighted by molar-refractivity contribution is 8.00. The molecule has 0 radical (unpaired) electrons. The van der Waals surface area contributed by atoms with Gasteiger partial charge in [0.25, 0.3) is 5.69 Å². The van der Waals surface area contributed by atoms with E-state index in [1.54, 1.807) is 18.2 Å². The van der Waals surface area contributed by atoms with Gasteiger partial charge in [0.2, 0.25) is 5.91 Å². The quantitative estimate of drug-likeness (QED) is 0.322. The number of nitro benzene ring substituents is 1. The van der Waals surface area contributed by atoms with Gasteiger partial charge in [-0.3, -0.25) is 14.9 Å². The second-order valence-electron chi connectivity index (χ2n) is 7.00. The molecule has 0 aliphatic carbocycles. The van der Waals surface area contributed by atoms with Crippen LogP contribution >= 0.6 is 23.4 Å². The van der Waals surface area contributed by atoms with Crippen LogP contribution < -0.4 is 4.90 Å². The van der Waals surface area contributed by atoms with Gasteiger partial charge in [0.05, 0.1) is 10.7 Å². The number of nitrogens with zero attached hydrogens (tertiary/aromatic N) is 3. The molecular weight excluding hydrogens is 422 g/mol. The minimum atomic E-state index is -0.362. The molecule has 0 aromatic heterocycles. The van der Waals surface area contributed by atoms with Crippen LogP contribution in [0, 0.1) is 10.1 Å². The SMILES string of the molecule is O=C(CSc1cccc2cccc(Cl)c12)N1CCN(c2ccccc2[N+](=O)[O-])CC1. The van der Waals surface area contributed by atoms with Crippen LogP contribution in [-0.2, 0) is 4.79 Å². The van der Waals surface area contributed by atoms with Crippen molar-refractivity contribution in [1.82, 2.24) is 4.90 Å². The third-order valence-electron chi connectivity index (χ3n) is 5.22. The molecular formula is C22H20ClN3O3S. The number of amides is 1. The highest BCUT2D eigenvalue weighted by Crippen LogP contribution is 2.33. The molecule has 3 aromatic carbocycles. The van der Waals surface area contributed by atoms with E-state index in [1.165, 1.54) is 17.8 Å². The fraction of sp³-hybridized carbons (Fsp3) is 0.227. The number of carbonyl (C=O) groups is 1. The Morgan fingerprint density at radius 1 is 1.00 bits per heavy atom. The highest BCUT2D eigenvalue weighted by atomic mass is 35.5. The van der Waals surface area contributed by atoms with Gasteiger partial charge < -0.3 is 9.80 Å². The molecule has 3 aromatic rings. The predicted molar refractivity (Wildman–Crippen MR) is 122 cm³/mol. The van der Waals surface area contributed by atoms with Crippen molar-refractivity contribution in [3.63, 3.8) is 0 Å². The number of hydrogen-bond donors (Lipinski definition) is 0. The van der Waals surface area contributed by atoms with Crippen molar-refractivity contribution in [2.75, 3.05) is 36.8 Å². The summed E-state index contributed by atoms with van der Waals surface area (Å²) in [7, 11) is 0. The molecule has 0 bridgehead atoms. The zero-order valence-corrected chi connectivity index (χ0v) is 17.7. The topological polar surface area (TPSA) is 66.7 Å². The third-order valence-corrected chi connectivity index (χ3v) is 6.58. The Bertz CT molecular complexity index is 1090. The third kappa shape index (κ3) is 4.22. The second kappa shape index (κ2) is 8.93. The van der Waals surface area contributed by atoms with Crippen LogP contribution in [0.3, 0.4) is 0 Å². The van der Waals surface area contributed by atoms with Crippen molar-refractivity contribution in [2.24, 2.45) is 0 Å². The number of thioether (sulfide) groups is 1. The zero-order chi connectivity index (χ0) is 21.1. The summed E-state index contributed by atoms with van der Waals surface area (Å²) in [5.74, 6) is 0.391. The Labute approximate surface area is 183 Å². The summed E-state index contributed by atoms with van der Waals surface area (Å²) in [6.45, 7) is 2.23. The van der Waals surface area contributed by atoms with Crippen LogP contribution in [0.25, 0.3) is 10.8 Å². The Balaban J connectivity index is 1.39. The first-order valence-corrected chi connectivity index (χ1v) is 11.0. The number of benzene rings is 3. The van der Waals surface area contributed by atoms with E-state index in [4.69, 9.17) is 11.6 Å². The summed E-state index contributed by atoms with van der Waals surface area (Å²) in [5.41, 5.74) is 0.704. The van der Waals surface area contributed by atoms with E-state index in [0.29, 0.717) is 42.6 Å². The summed E-state index contributed by atoms with van der Waals surface area (Å²) < 4.78 is 0. The van der Waals surface area contributed by atoms with Crippen LogP contribution in [0.2, 0.25) is 5.02 Å². The number of para-hydroxylation sites is 2. The molecule has 0 saturated carbocycles. The average Bonchev–Trinajstić information content (AvgIpc) is 2.77. The summed E-state index contributed by atoms with van der Waals surface area (Å²) in [6.07, 6.45) is 0. The van der Waals surface area contributed by atoms with E-state index < -0.39 is 0 Å². The molecule has 1 saturated heterocycles. The highest BCUT2D eigenvalue weighted by Gasteiger charge is 2.25. The summed E-state index contributed by atoms with van der Waals surface area (Å²) in [4.78, 5) is 28.5. The van der Waals surface area contributed by atoms with Crippen molar-refractivity contribution >= 4 is 51.4 Å². The van der Waals surface area contributed by atoms with Gasteiger partial charge in [0, 0.05) is 47.5 Å². The van der Waals surface area contributed by atoms with Gasteiger partial charge in [-0.2, -0.15) is 0 Å². The maximum absolute atomic E-state index is 12.8. The van der Waals surface area contributed by atoms with E-state index in [9.17, 15) is 14.9 Å². The number of halogens is 1. The van der Waals surface area contributed by atoms with Crippen LogP contribution in [0.4, 0.5) is 11.4 Å². The number of carbonyl (C=O) groups excluding carboxylic acids is 1. The van der Waals surface area contributed by atoms with Gasteiger partial charge in [0.15, 0.2) is 0 Å². The van der Waals surface area contributed by atoms with Crippen molar-refractivity contribution in [1.29, 1.82) is 0 Å². The molecule has 1 fully saturated rings. The van der Waals surface area contributed by atoms with Crippen LogP contribution in [-0.4, -0.2) is 47.7 Å². The minimum absolute atomic E-state index is 0.0614. The molecule has 0 atom stereocenters. The normalized spacial score (nSPS) is 14.2. The number of rotatable bonds is 5. The molecule has 1 aliphatic heterocycles. The van der Waals surface area contributed by atoms with Crippen molar-refractivity contribution in [3.8, 4) is 0 Å². The number of piperazine rings is 1. The molecule has 1 aliphatic rings. The van der Waals surface area contributed by atoms with E-state index in [1.807, 2.05) is 46.2 Å². The van der Waals surface area contributed by atoms with Crippen molar-refractivity contribution < 1.29 is 9.72 Å². The molecule has 1 heterocycles. The first-order chi connectivity index (χ1) is 14.5. The smallest absolute Gasteiger partial charge is 0.292 e. The lowest BCUT2D eigenvalue weighted by atomic mass is 10.1. The van der Waals surface area contributed by atoms with Gasteiger partial charge in [-0.1, -0.05) is 48.0 Å². The zero-order valence-electron chi connectivity index (χ0n) is 16.2. The average molecular weight is 442 g/mol. The van der Waals surface area contributed by atoms with E-state index in [0.717, 1.165) is 15.7 Å². The van der Waals surface area contributed by atoms with E-state index >= 15 is 0 Å². The monoisotopic (exact) mass is 441 g/mol. The predicted octanol–water partition coefficient (Wildman–Crippen LogP) is 4.84. The molecule has 4 rings (SSSR count). The molecule has 154 valence electrons. The van der Waals surface area contributed by atoms with E-state index in [-0.39, 0.29) is 16.5 Å². The number of fused-ring (bicyclic) bond motifs is 1. The largest absolute Gasteiger partial charge is 0.362 e. The molecule has 30 heavy (non-hydrogen) atoms. The van der Waals surface area contributed by atoms with Crippen LogP contribution in [0.5, 0.6) is 0 Å². The Kier molecular flexibility index (Phi) is 6.11. The Morgan fingerprint density at radius 3 is 2.43 bits per heavy atom. The molecule has 0 spiro atoms. The maximum atomic E-state index is 12.8. The van der Waals surface area contributed by atoms with Gasteiger partial charge >= 0.3 is 0 Å². The first kappa shape index (κ1) is 20.5. The summed E-state index contributed by atoms with van der Waals surface area (Å²) in [5, 5.41) is 14.0. The lowest BCUT2D eigenvalue weighted by molar-refractivity contribution is -0.384. The molecule has 1 amide bonds. The lowest BCUT2D eigenvalue weighted by Crippen LogP contribution is -2.49. The molecule has 0 unspecified atom stereocenters. The van der Waals surface area contributed by atoms with Crippen LogP contribution in [0.1, 0.15) is 0 Å². The Hall–Kier alpha value is -2.77. The fourth-order valence-corrected chi connectivity index (χ4v) is 5.04. The standard InChI is InChI=1S/C22H20ClN3O3S/c23-17-7-3-5-16-6-4-10-20(22(16)17)30-15-21(27)25-13-11-24(12-14-25)18-8-1-2-9-19(18)26(28)29/h1-10H,11-15H2. The van der Waals surface area contributed by atoms with Crippen LogP contribution in [0.15, 0.2) is 65.6 Å². The second-order valence-corrected chi connectivity index (χ2v) is 8.42. The summed E-state index contributed by atoms with van der Waals surface area (Å²) >= 11 is 7.86. The lowest BCUT2D eigenvalue weighted by Gasteiger charge is -2.35. The number of anilines is 1. The van der Waals surface area contributed by atoms with E-state index in [2.05, 4.69) is 0 Å². The van der Waals surface area contributed by atoms with Gasteiger partial charge in [-0.25, -0.2) is 0 Å². The summed E-state index contributed by atoms with van der Waals surface area (Å²) in [6, 6.07) is 18.5. The molecule has 6 nitrogen and oxygen atoms in total. The number of nitro groups is 1. The van der Waals surface area contributed by atoms with Crippen molar-refractivity contribution in [3.05, 3.63) is 75.8 Å². The van der Waals surface area contributed by atoms with Crippen molar-refractivity contribution in [2.45, 2.75) is 4.90 Å². The minimum Gasteiger partial charge on any atom is -0.362 e.